The number of benzene rings is 1. The zero-order valence-corrected chi connectivity index (χ0v) is 13.1. The Morgan fingerprint density at radius 3 is 2.30 bits per heavy atom. The molecule has 0 aliphatic rings. The molecule has 1 aromatic heterocycles. The van der Waals surface area contributed by atoms with Gasteiger partial charge in [0, 0.05) is 25.0 Å². The lowest BCUT2D eigenvalue weighted by molar-refractivity contribution is 0.575. The van der Waals surface area contributed by atoms with Gasteiger partial charge in [0.1, 0.15) is 0 Å². The second-order valence-corrected chi connectivity index (χ2v) is 5.76. The molecular formula is C18H26N2. The number of nitrogens with zero attached hydrogens (tertiary/aromatic N) is 1. The summed E-state index contributed by atoms with van der Waals surface area (Å²) >= 11 is 0. The third-order valence-electron chi connectivity index (χ3n) is 3.94. The highest BCUT2D eigenvalue weighted by atomic mass is 14.9. The number of hydrogen-bond acceptors (Lipinski definition) is 1. The average Bonchev–Trinajstić information content (AvgIpc) is 2.89. The van der Waals surface area contributed by atoms with E-state index in [0.29, 0.717) is 12.0 Å². The molecule has 0 amide bonds. The molecule has 1 atom stereocenters. The Labute approximate surface area is 122 Å². The Balaban J connectivity index is 2.06. The molecule has 0 radical (unpaired) electrons. The zero-order valence-electron chi connectivity index (χ0n) is 13.1. The van der Waals surface area contributed by atoms with Crippen LogP contribution < -0.4 is 5.32 Å². The molecule has 0 fully saturated rings. The quantitative estimate of drug-likeness (QED) is 0.826. The van der Waals surface area contributed by atoms with Crippen LogP contribution in [0.3, 0.4) is 0 Å². The van der Waals surface area contributed by atoms with Crippen molar-refractivity contribution < 1.29 is 0 Å². The van der Waals surface area contributed by atoms with Gasteiger partial charge in [-0.1, -0.05) is 45.0 Å². The zero-order chi connectivity index (χ0) is 14.5. The normalized spacial score (nSPS) is 12.8. The van der Waals surface area contributed by atoms with E-state index in [1.807, 2.05) is 7.05 Å². The van der Waals surface area contributed by atoms with Crippen molar-refractivity contribution in [3.05, 3.63) is 59.4 Å². The van der Waals surface area contributed by atoms with Crippen LogP contribution in [0.4, 0.5) is 0 Å². The van der Waals surface area contributed by atoms with E-state index in [4.69, 9.17) is 0 Å². The molecule has 0 aliphatic carbocycles. The molecule has 0 aliphatic heterocycles. The van der Waals surface area contributed by atoms with Gasteiger partial charge in [0.05, 0.1) is 0 Å². The SMILES string of the molecule is CCC(NC)c1ccn(Cc2ccc(C(C)C)cc2)c1. The molecular weight excluding hydrogens is 244 g/mol. The van der Waals surface area contributed by atoms with Crippen LogP contribution in [0.5, 0.6) is 0 Å². The van der Waals surface area contributed by atoms with Crippen molar-refractivity contribution in [2.45, 2.75) is 45.7 Å². The molecule has 2 rings (SSSR count). The Bertz CT molecular complexity index is 519. The van der Waals surface area contributed by atoms with Crippen molar-refractivity contribution in [3.8, 4) is 0 Å². The summed E-state index contributed by atoms with van der Waals surface area (Å²) in [5.74, 6) is 0.600. The van der Waals surface area contributed by atoms with Crippen molar-refractivity contribution in [2.24, 2.45) is 0 Å². The van der Waals surface area contributed by atoms with E-state index in [1.54, 1.807) is 0 Å². The van der Waals surface area contributed by atoms with E-state index in [0.717, 1.165) is 13.0 Å². The van der Waals surface area contributed by atoms with Gasteiger partial charge in [0.15, 0.2) is 0 Å². The van der Waals surface area contributed by atoms with Crippen molar-refractivity contribution in [1.82, 2.24) is 9.88 Å². The highest BCUT2D eigenvalue weighted by molar-refractivity contribution is 5.25. The summed E-state index contributed by atoms with van der Waals surface area (Å²) in [6.45, 7) is 7.62. The van der Waals surface area contributed by atoms with E-state index < -0.39 is 0 Å². The predicted octanol–water partition coefficient (Wildman–Crippen LogP) is 4.33. The molecule has 0 saturated carbocycles. The fourth-order valence-electron chi connectivity index (χ4n) is 2.59. The maximum Gasteiger partial charge on any atom is 0.0470 e. The van der Waals surface area contributed by atoms with Gasteiger partial charge in [0.25, 0.3) is 0 Å². The molecule has 0 bridgehead atoms. The van der Waals surface area contributed by atoms with Gasteiger partial charge in [-0.15, -0.1) is 0 Å². The van der Waals surface area contributed by atoms with Gasteiger partial charge in [0.2, 0.25) is 0 Å². The summed E-state index contributed by atoms with van der Waals surface area (Å²) in [6.07, 6.45) is 5.54. The topological polar surface area (TPSA) is 17.0 Å². The molecule has 2 nitrogen and oxygen atoms in total. The number of rotatable bonds is 6. The lowest BCUT2D eigenvalue weighted by Gasteiger charge is -2.11. The molecule has 1 aromatic carbocycles. The highest BCUT2D eigenvalue weighted by Crippen LogP contribution is 2.18. The Hall–Kier alpha value is -1.54. The van der Waals surface area contributed by atoms with Gasteiger partial charge in [-0.25, -0.2) is 0 Å². The lowest BCUT2D eigenvalue weighted by atomic mass is 10.0. The summed E-state index contributed by atoms with van der Waals surface area (Å²) < 4.78 is 2.26. The highest BCUT2D eigenvalue weighted by Gasteiger charge is 2.08. The standard InChI is InChI=1S/C18H26N2/c1-5-18(19-4)17-10-11-20(13-17)12-15-6-8-16(9-7-15)14(2)3/h6-11,13-14,18-19H,5,12H2,1-4H3. The minimum absolute atomic E-state index is 0.458. The van der Waals surface area contributed by atoms with E-state index in [9.17, 15) is 0 Å². The smallest absolute Gasteiger partial charge is 0.0470 e. The molecule has 1 unspecified atom stereocenters. The molecule has 0 saturated heterocycles. The van der Waals surface area contributed by atoms with E-state index in [2.05, 4.69) is 73.4 Å². The van der Waals surface area contributed by atoms with Crippen molar-refractivity contribution in [1.29, 1.82) is 0 Å². The van der Waals surface area contributed by atoms with Crippen LogP contribution >= 0.6 is 0 Å². The predicted molar refractivity (Wildman–Crippen MR) is 86.2 cm³/mol. The number of nitrogens with one attached hydrogen (secondary N) is 1. The average molecular weight is 270 g/mol. The first-order chi connectivity index (χ1) is 9.63. The Morgan fingerprint density at radius 2 is 1.75 bits per heavy atom. The number of aromatic nitrogens is 1. The van der Waals surface area contributed by atoms with Gasteiger partial charge < -0.3 is 9.88 Å². The van der Waals surface area contributed by atoms with E-state index >= 15 is 0 Å². The van der Waals surface area contributed by atoms with E-state index in [1.165, 1.54) is 16.7 Å². The van der Waals surface area contributed by atoms with Crippen LogP contribution in [0.1, 0.15) is 55.8 Å². The van der Waals surface area contributed by atoms with Gasteiger partial charge >= 0.3 is 0 Å². The van der Waals surface area contributed by atoms with Crippen LogP contribution in [-0.4, -0.2) is 11.6 Å². The van der Waals surface area contributed by atoms with Gasteiger partial charge in [-0.2, -0.15) is 0 Å². The summed E-state index contributed by atoms with van der Waals surface area (Å²) in [6, 6.07) is 11.6. The monoisotopic (exact) mass is 270 g/mol. The van der Waals surface area contributed by atoms with Gasteiger partial charge in [-0.3, -0.25) is 0 Å². The molecule has 2 aromatic rings. The molecule has 20 heavy (non-hydrogen) atoms. The molecule has 1 heterocycles. The summed E-state index contributed by atoms with van der Waals surface area (Å²) in [5.41, 5.74) is 4.13. The van der Waals surface area contributed by atoms with Crippen LogP contribution in [0.25, 0.3) is 0 Å². The third kappa shape index (κ3) is 3.51. The van der Waals surface area contributed by atoms with E-state index in [-0.39, 0.29) is 0 Å². The van der Waals surface area contributed by atoms with Crippen LogP contribution in [0, 0.1) is 0 Å². The first-order valence-electron chi connectivity index (χ1n) is 7.55. The van der Waals surface area contributed by atoms with Gasteiger partial charge in [-0.05, 0) is 42.1 Å². The van der Waals surface area contributed by atoms with Crippen LogP contribution in [0.15, 0.2) is 42.7 Å². The Kier molecular flexibility index (Phi) is 5.02. The van der Waals surface area contributed by atoms with Crippen molar-refractivity contribution in [2.75, 3.05) is 7.05 Å². The molecule has 1 N–H and O–H groups in total. The lowest BCUT2D eigenvalue weighted by Crippen LogP contribution is -2.14. The number of hydrogen-bond donors (Lipinski definition) is 1. The molecule has 108 valence electrons. The first kappa shape index (κ1) is 14.9. The Morgan fingerprint density at radius 1 is 1.05 bits per heavy atom. The fourth-order valence-corrected chi connectivity index (χ4v) is 2.59. The molecule has 2 heteroatoms. The van der Waals surface area contributed by atoms with Crippen LogP contribution in [-0.2, 0) is 6.54 Å². The summed E-state index contributed by atoms with van der Waals surface area (Å²) in [4.78, 5) is 0. The second kappa shape index (κ2) is 6.76. The maximum atomic E-state index is 3.35. The van der Waals surface area contributed by atoms with Crippen LogP contribution in [0.2, 0.25) is 0 Å². The minimum Gasteiger partial charge on any atom is -0.350 e. The first-order valence-corrected chi connectivity index (χ1v) is 7.55. The largest absolute Gasteiger partial charge is 0.350 e. The fraction of sp³-hybridized carbons (Fsp3) is 0.444. The summed E-state index contributed by atoms with van der Waals surface area (Å²) in [5, 5.41) is 3.35. The minimum atomic E-state index is 0.458. The van der Waals surface area contributed by atoms with Crippen molar-refractivity contribution >= 4 is 0 Å². The van der Waals surface area contributed by atoms with Crippen molar-refractivity contribution in [3.63, 3.8) is 0 Å². The second-order valence-electron chi connectivity index (χ2n) is 5.76. The summed E-state index contributed by atoms with van der Waals surface area (Å²) in [7, 11) is 2.02. The molecule has 0 spiro atoms. The maximum absolute atomic E-state index is 3.35. The third-order valence-corrected chi connectivity index (χ3v) is 3.94.